The Hall–Kier alpha value is -2.17. The Morgan fingerprint density at radius 2 is 2.16 bits per heavy atom. The second kappa shape index (κ2) is 5.22. The van der Waals surface area contributed by atoms with Crippen molar-refractivity contribution in [1.82, 2.24) is 20.2 Å². The Morgan fingerprint density at radius 1 is 1.21 bits per heavy atom. The van der Waals surface area contributed by atoms with E-state index >= 15 is 0 Å². The van der Waals surface area contributed by atoms with Gasteiger partial charge in [-0.2, -0.15) is 5.26 Å². The van der Waals surface area contributed by atoms with Gasteiger partial charge in [0, 0.05) is 0 Å². The van der Waals surface area contributed by atoms with E-state index in [0.29, 0.717) is 15.9 Å². The van der Waals surface area contributed by atoms with Crippen LogP contribution in [0.4, 0.5) is 0 Å². The highest BCUT2D eigenvalue weighted by Crippen LogP contribution is 2.26. The molecule has 3 aromatic heterocycles. The number of thiophene rings is 1. The van der Waals surface area contributed by atoms with Gasteiger partial charge in [0.15, 0.2) is 5.82 Å². The highest BCUT2D eigenvalue weighted by atomic mass is 32.2. The molecule has 0 radical (unpaired) electrons. The summed E-state index contributed by atoms with van der Waals surface area (Å²) < 4.78 is 0. The van der Waals surface area contributed by atoms with Crippen molar-refractivity contribution in [1.29, 1.82) is 5.26 Å². The third-order valence-electron chi connectivity index (χ3n) is 2.25. The number of rotatable bonds is 3. The zero-order chi connectivity index (χ0) is 13.1. The summed E-state index contributed by atoms with van der Waals surface area (Å²) in [5.74, 6) is 0.744. The van der Waals surface area contributed by atoms with Crippen LogP contribution < -0.4 is 0 Å². The molecule has 3 aromatic rings. The molecule has 1 N–H and O–H groups in total. The van der Waals surface area contributed by atoms with Gasteiger partial charge in [-0.3, -0.25) is 5.10 Å². The van der Waals surface area contributed by atoms with Gasteiger partial charge >= 0.3 is 0 Å². The van der Waals surface area contributed by atoms with E-state index in [9.17, 15) is 0 Å². The molecule has 0 atom stereocenters. The van der Waals surface area contributed by atoms with Crippen LogP contribution in [0.3, 0.4) is 0 Å². The smallest absolute Gasteiger partial charge is 0.215 e. The maximum absolute atomic E-state index is 8.80. The fourth-order valence-electron chi connectivity index (χ4n) is 1.44. The highest BCUT2D eigenvalue weighted by molar-refractivity contribution is 7.99. The van der Waals surface area contributed by atoms with E-state index in [1.54, 1.807) is 23.5 Å². The Morgan fingerprint density at radius 3 is 2.95 bits per heavy atom. The molecule has 0 fully saturated rings. The normalized spacial score (nSPS) is 10.3. The number of H-pyrrole nitrogens is 1. The lowest BCUT2D eigenvalue weighted by atomic mass is 10.4. The van der Waals surface area contributed by atoms with Gasteiger partial charge in [-0.05, 0) is 35.3 Å². The lowest BCUT2D eigenvalue weighted by Gasteiger charge is -1.95. The number of nitrogens with zero attached hydrogens (tertiary/aromatic N) is 4. The summed E-state index contributed by atoms with van der Waals surface area (Å²) in [6, 6.07) is 11.2. The molecule has 0 aromatic carbocycles. The molecule has 7 heteroatoms. The van der Waals surface area contributed by atoms with Crippen LogP contribution in [0.25, 0.3) is 10.7 Å². The lowest BCUT2D eigenvalue weighted by Crippen LogP contribution is -1.85. The van der Waals surface area contributed by atoms with E-state index in [1.807, 2.05) is 29.6 Å². The number of hydrogen-bond donors (Lipinski definition) is 1. The predicted molar refractivity (Wildman–Crippen MR) is 72.8 cm³/mol. The maximum Gasteiger partial charge on any atom is 0.215 e. The Balaban J connectivity index is 1.82. The quantitative estimate of drug-likeness (QED) is 0.800. The van der Waals surface area contributed by atoms with Crippen molar-refractivity contribution in [2.75, 3.05) is 0 Å². The Bertz CT molecular complexity index is 727. The topological polar surface area (TPSA) is 78.2 Å². The number of nitriles is 1. The van der Waals surface area contributed by atoms with Gasteiger partial charge in [-0.25, -0.2) is 9.97 Å². The van der Waals surface area contributed by atoms with Crippen LogP contribution in [0, 0.1) is 11.3 Å². The van der Waals surface area contributed by atoms with Crippen molar-refractivity contribution < 1.29 is 0 Å². The molecule has 0 spiro atoms. The van der Waals surface area contributed by atoms with E-state index in [0.717, 1.165) is 10.7 Å². The summed E-state index contributed by atoms with van der Waals surface area (Å²) in [7, 11) is 0. The van der Waals surface area contributed by atoms with Crippen LogP contribution in [0.5, 0.6) is 0 Å². The molecular weight excluding hydrogens is 278 g/mol. The first-order chi connectivity index (χ1) is 9.35. The summed E-state index contributed by atoms with van der Waals surface area (Å²) >= 11 is 2.92. The maximum atomic E-state index is 8.80. The van der Waals surface area contributed by atoms with Gasteiger partial charge < -0.3 is 0 Å². The fraction of sp³-hybridized carbons (Fsp3) is 0. The van der Waals surface area contributed by atoms with E-state index < -0.39 is 0 Å². The summed E-state index contributed by atoms with van der Waals surface area (Å²) in [5, 5.41) is 19.1. The van der Waals surface area contributed by atoms with Gasteiger partial charge in [-0.15, -0.1) is 16.4 Å². The van der Waals surface area contributed by atoms with Crippen LogP contribution in [0.15, 0.2) is 45.9 Å². The molecule has 3 heterocycles. The Labute approximate surface area is 117 Å². The molecule has 0 bridgehead atoms. The van der Waals surface area contributed by atoms with E-state index in [4.69, 9.17) is 5.26 Å². The molecule has 0 saturated carbocycles. The number of hydrogen-bond acceptors (Lipinski definition) is 6. The SMILES string of the molecule is N#Cc1cccc(Sc2n[nH]c(-c3cccs3)n2)n1. The van der Waals surface area contributed by atoms with Crippen LogP contribution in [-0.4, -0.2) is 20.2 Å². The minimum Gasteiger partial charge on any atom is -0.257 e. The summed E-state index contributed by atoms with van der Waals surface area (Å²) in [6.45, 7) is 0. The van der Waals surface area contributed by atoms with Crippen molar-refractivity contribution in [2.24, 2.45) is 0 Å². The highest BCUT2D eigenvalue weighted by Gasteiger charge is 2.08. The zero-order valence-electron chi connectivity index (χ0n) is 9.57. The molecule has 0 amide bonds. The van der Waals surface area contributed by atoms with Crippen molar-refractivity contribution in [3.63, 3.8) is 0 Å². The molecular formula is C12H7N5S2. The van der Waals surface area contributed by atoms with Gasteiger partial charge in [0.25, 0.3) is 0 Å². The zero-order valence-corrected chi connectivity index (χ0v) is 11.2. The number of aromatic nitrogens is 4. The standard InChI is InChI=1S/C12H7N5S2/c13-7-8-3-1-5-10(14-8)19-12-15-11(16-17-12)9-4-2-6-18-9/h1-6H,(H,15,16,17). The second-order valence-electron chi connectivity index (χ2n) is 3.52. The average molecular weight is 285 g/mol. The van der Waals surface area contributed by atoms with Crippen molar-refractivity contribution >= 4 is 23.1 Å². The van der Waals surface area contributed by atoms with Crippen LogP contribution in [0.1, 0.15) is 5.69 Å². The van der Waals surface area contributed by atoms with E-state index in [2.05, 4.69) is 20.2 Å². The molecule has 0 aliphatic heterocycles. The summed E-state index contributed by atoms with van der Waals surface area (Å²) in [4.78, 5) is 9.60. The lowest BCUT2D eigenvalue weighted by molar-refractivity contribution is 0.966. The number of nitrogens with one attached hydrogen (secondary N) is 1. The van der Waals surface area contributed by atoms with E-state index in [1.165, 1.54) is 11.8 Å². The minimum atomic E-state index is 0.388. The Kier molecular flexibility index (Phi) is 3.27. The molecule has 0 unspecified atom stereocenters. The third-order valence-corrected chi connectivity index (χ3v) is 3.93. The van der Waals surface area contributed by atoms with Gasteiger partial charge in [0.1, 0.15) is 16.8 Å². The average Bonchev–Trinajstić information content (AvgIpc) is 3.09. The number of aromatic amines is 1. The van der Waals surface area contributed by atoms with Crippen molar-refractivity contribution in [3.8, 4) is 16.8 Å². The fourth-order valence-corrected chi connectivity index (χ4v) is 2.81. The first kappa shape index (κ1) is 11.9. The molecule has 0 saturated heterocycles. The van der Waals surface area contributed by atoms with Gasteiger partial charge in [0.2, 0.25) is 5.16 Å². The predicted octanol–water partition coefficient (Wildman–Crippen LogP) is 2.95. The molecule has 0 aliphatic carbocycles. The number of pyridine rings is 1. The van der Waals surface area contributed by atoms with Crippen LogP contribution in [0.2, 0.25) is 0 Å². The third kappa shape index (κ3) is 2.65. The molecule has 3 rings (SSSR count). The molecule has 19 heavy (non-hydrogen) atoms. The summed E-state index contributed by atoms with van der Waals surface area (Å²) in [6.07, 6.45) is 0. The van der Waals surface area contributed by atoms with Gasteiger partial charge in [-0.1, -0.05) is 12.1 Å². The summed E-state index contributed by atoms with van der Waals surface area (Å²) in [5.41, 5.74) is 0.388. The largest absolute Gasteiger partial charge is 0.257 e. The minimum absolute atomic E-state index is 0.388. The van der Waals surface area contributed by atoms with Crippen molar-refractivity contribution in [3.05, 3.63) is 41.4 Å². The first-order valence-corrected chi connectivity index (χ1v) is 7.06. The molecule has 5 nitrogen and oxygen atoms in total. The van der Waals surface area contributed by atoms with Crippen molar-refractivity contribution in [2.45, 2.75) is 10.2 Å². The van der Waals surface area contributed by atoms with Gasteiger partial charge in [0.05, 0.1) is 4.88 Å². The van der Waals surface area contributed by atoms with Crippen LogP contribution in [-0.2, 0) is 0 Å². The monoisotopic (exact) mass is 285 g/mol. The van der Waals surface area contributed by atoms with Crippen LogP contribution >= 0.6 is 23.1 Å². The second-order valence-corrected chi connectivity index (χ2v) is 5.45. The van der Waals surface area contributed by atoms with E-state index in [-0.39, 0.29) is 0 Å². The molecule has 92 valence electrons. The first-order valence-electron chi connectivity index (χ1n) is 5.36. The molecule has 0 aliphatic rings.